The summed E-state index contributed by atoms with van der Waals surface area (Å²) in [5.41, 5.74) is 0. The summed E-state index contributed by atoms with van der Waals surface area (Å²) in [7, 11) is 4.36. The normalized spacial score (nSPS) is 11.9. The molecular formula is C18H35NSSn. The van der Waals surface area contributed by atoms with Gasteiger partial charge >= 0.3 is 141 Å². The Balaban J connectivity index is 3.03. The van der Waals surface area contributed by atoms with Crippen LogP contribution in [-0.4, -0.2) is 32.5 Å². The molecule has 1 heterocycles. The van der Waals surface area contributed by atoms with Crippen molar-refractivity contribution in [3.63, 3.8) is 0 Å². The Bertz CT molecular complexity index is 365. The predicted molar refractivity (Wildman–Crippen MR) is 103 cm³/mol. The molecule has 0 unspecified atom stereocenters. The molecule has 0 amide bonds. The summed E-state index contributed by atoms with van der Waals surface area (Å²) in [6, 6.07) is 4.88. The standard InChI is InChI=1S/C6H8NS.3C4H9.Sn/c1-7(2)6-4-3-5-8-6;3*1-3-4-2;/h3-4H,1-2H3;3*1,3-4H2,2H3;. The van der Waals surface area contributed by atoms with Gasteiger partial charge in [0.05, 0.1) is 0 Å². The molecule has 1 aromatic heterocycles. The molecule has 0 spiro atoms. The summed E-state index contributed by atoms with van der Waals surface area (Å²) in [5.74, 6) is 0. The maximum atomic E-state index is 2.51. The van der Waals surface area contributed by atoms with Gasteiger partial charge in [-0.05, 0) is 0 Å². The molecule has 0 saturated heterocycles. The molecule has 1 rings (SSSR count). The third-order valence-corrected chi connectivity index (χ3v) is 24.1. The van der Waals surface area contributed by atoms with Gasteiger partial charge in [0.15, 0.2) is 0 Å². The van der Waals surface area contributed by atoms with Gasteiger partial charge in [0.1, 0.15) is 0 Å². The van der Waals surface area contributed by atoms with Crippen LogP contribution in [0.4, 0.5) is 5.00 Å². The first-order valence-corrected chi connectivity index (χ1v) is 17.2. The van der Waals surface area contributed by atoms with E-state index < -0.39 is 18.4 Å². The Kier molecular flexibility index (Phi) is 9.35. The second-order valence-electron chi connectivity index (χ2n) is 6.62. The first-order valence-electron chi connectivity index (χ1n) is 8.87. The van der Waals surface area contributed by atoms with Crippen molar-refractivity contribution in [2.45, 2.75) is 72.6 Å². The molecule has 3 heteroatoms. The molecule has 0 bridgehead atoms. The average Bonchev–Trinajstić information content (AvgIpc) is 2.97. The van der Waals surface area contributed by atoms with Crippen molar-refractivity contribution in [2.75, 3.05) is 19.0 Å². The van der Waals surface area contributed by atoms with Crippen molar-refractivity contribution in [1.82, 2.24) is 0 Å². The van der Waals surface area contributed by atoms with Crippen LogP contribution in [0, 0.1) is 0 Å². The molecule has 21 heavy (non-hydrogen) atoms. The Morgan fingerprint density at radius 1 is 0.857 bits per heavy atom. The third kappa shape index (κ3) is 5.78. The number of rotatable bonds is 11. The summed E-state index contributed by atoms with van der Waals surface area (Å²) in [5, 5.41) is 1.45. The molecule has 0 N–H and O–H groups in total. The molecule has 0 aliphatic carbocycles. The third-order valence-electron chi connectivity index (χ3n) is 4.58. The summed E-state index contributed by atoms with van der Waals surface area (Å²) in [4.78, 5) is 2.28. The van der Waals surface area contributed by atoms with Gasteiger partial charge in [-0.2, -0.15) is 0 Å². The van der Waals surface area contributed by atoms with E-state index in [1.54, 1.807) is 13.3 Å². The number of anilines is 1. The SMILES string of the molecule is CCC[CH2][Sn]([CH2]CCC)([CH2]CCC)[c]1ccc(N(C)C)s1. The van der Waals surface area contributed by atoms with Crippen LogP contribution in [0.2, 0.25) is 13.3 Å². The fourth-order valence-electron chi connectivity index (χ4n) is 3.14. The van der Waals surface area contributed by atoms with E-state index in [0.717, 1.165) is 0 Å². The van der Waals surface area contributed by atoms with E-state index in [0.29, 0.717) is 0 Å². The summed E-state index contributed by atoms with van der Waals surface area (Å²) < 4.78 is 6.60. The van der Waals surface area contributed by atoms with Crippen molar-refractivity contribution in [2.24, 2.45) is 0 Å². The van der Waals surface area contributed by atoms with E-state index in [4.69, 9.17) is 0 Å². The molecule has 0 radical (unpaired) electrons. The van der Waals surface area contributed by atoms with Crippen molar-refractivity contribution in [1.29, 1.82) is 0 Å². The Labute approximate surface area is 141 Å². The fraction of sp³-hybridized carbons (Fsp3) is 0.778. The maximum absolute atomic E-state index is 2.51. The number of thiophene rings is 1. The van der Waals surface area contributed by atoms with Gasteiger partial charge in [0.25, 0.3) is 0 Å². The van der Waals surface area contributed by atoms with E-state index in [1.807, 2.05) is 2.89 Å². The van der Waals surface area contributed by atoms with Crippen molar-refractivity contribution >= 4 is 37.6 Å². The van der Waals surface area contributed by atoms with E-state index in [-0.39, 0.29) is 0 Å². The van der Waals surface area contributed by atoms with Gasteiger partial charge in [-0.25, -0.2) is 0 Å². The zero-order valence-corrected chi connectivity index (χ0v) is 18.5. The minimum atomic E-state index is -2.14. The van der Waals surface area contributed by atoms with Crippen molar-refractivity contribution < 1.29 is 0 Å². The second-order valence-corrected chi connectivity index (χ2v) is 21.8. The second kappa shape index (κ2) is 10.1. The Hall–Kier alpha value is 0.299. The minimum absolute atomic E-state index is 1.36. The van der Waals surface area contributed by atoms with Crippen LogP contribution < -0.4 is 7.79 Å². The summed E-state index contributed by atoms with van der Waals surface area (Å²) in [6.07, 6.45) is 8.46. The van der Waals surface area contributed by atoms with Crippen LogP contribution in [0.15, 0.2) is 12.1 Å². The molecule has 0 saturated carbocycles. The van der Waals surface area contributed by atoms with Gasteiger partial charge in [0, 0.05) is 0 Å². The van der Waals surface area contributed by atoms with E-state index in [1.165, 1.54) is 43.5 Å². The molecule has 0 fully saturated rings. The molecule has 122 valence electrons. The molecule has 1 aromatic rings. The van der Waals surface area contributed by atoms with Crippen LogP contribution in [0.25, 0.3) is 0 Å². The molecule has 0 aromatic carbocycles. The zero-order valence-electron chi connectivity index (χ0n) is 14.9. The summed E-state index contributed by atoms with van der Waals surface area (Å²) >= 11 is -0.0263. The van der Waals surface area contributed by atoms with Crippen LogP contribution in [0.1, 0.15) is 59.3 Å². The summed E-state index contributed by atoms with van der Waals surface area (Å²) in [6.45, 7) is 7.07. The van der Waals surface area contributed by atoms with Gasteiger partial charge < -0.3 is 0 Å². The van der Waals surface area contributed by atoms with Crippen LogP contribution in [-0.2, 0) is 0 Å². The van der Waals surface area contributed by atoms with E-state index >= 15 is 0 Å². The van der Waals surface area contributed by atoms with E-state index in [2.05, 4.69) is 63.2 Å². The molecular weight excluding hydrogens is 381 g/mol. The first-order chi connectivity index (χ1) is 10.1. The van der Waals surface area contributed by atoms with Gasteiger partial charge in [-0.1, -0.05) is 0 Å². The monoisotopic (exact) mass is 417 g/mol. The topological polar surface area (TPSA) is 3.24 Å². The molecule has 0 aliphatic rings. The molecule has 0 aliphatic heterocycles. The first kappa shape index (κ1) is 19.3. The predicted octanol–water partition coefficient (Wildman–Crippen LogP) is 5.87. The Morgan fingerprint density at radius 2 is 1.33 bits per heavy atom. The van der Waals surface area contributed by atoms with Crippen molar-refractivity contribution in [3.8, 4) is 0 Å². The number of hydrogen-bond donors (Lipinski definition) is 0. The van der Waals surface area contributed by atoms with Crippen LogP contribution >= 0.6 is 11.3 Å². The number of hydrogen-bond acceptors (Lipinski definition) is 2. The fourth-order valence-corrected chi connectivity index (χ4v) is 23.2. The van der Waals surface area contributed by atoms with Gasteiger partial charge in [0.2, 0.25) is 0 Å². The molecule has 0 atom stereocenters. The van der Waals surface area contributed by atoms with Gasteiger partial charge in [-0.3, -0.25) is 0 Å². The van der Waals surface area contributed by atoms with Gasteiger partial charge in [-0.15, -0.1) is 0 Å². The average molecular weight is 416 g/mol. The van der Waals surface area contributed by atoms with Crippen LogP contribution in [0.3, 0.4) is 0 Å². The number of unbranched alkanes of at least 4 members (excludes halogenated alkanes) is 3. The van der Waals surface area contributed by atoms with E-state index in [9.17, 15) is 0 Å². The zero-order chi connectivity index (χ0) is 15.7. The molecule has 1 nitrogen and oxygen atoms in total. The Morgan fingerprint density at radius 3 is 1.67 bits per heavy atom. The quantitative estimate of drug-likeness (QED) is 0.408. The number of nitrogens with zero attached hydrogens (tertiary/aromatic N) is 1. The van der Waals surface area contributed by atoms with Crippen LogP contribution in [0.5, 0.6) is 0 Å². The van der Waals surface area contributed by atoms with Crippen molar-refractivity contribution in [3.05, 3.63) is 12.1 Å².